The minimum absolute atomic E-state index is 0.524. The molecule has 0 atom stereocenters. The van der Waals surface area contributed by atoms with Crippen LogP contribution in [0.5, 0.6) is 0 Å². The predicted molar refractivity (Wildman–Crippen MR) is 75.0 cm³/mol. The van der Waals surface area contributed by atoms with E-state index < -0.39 is 0 Å². The topological polar surface area (TPSA) is 51.0 Å². The summed E-state index contributed by atoms with van der Waals surface area (Å²) in [6.07, 6.45) is 2.58. The smallest absolute Gasteiger partial charge is 0.226 e. The molecule has 1 N–H and O–H groups in total. The molecular weight excluding hydrogens is 238 g/mol. The van der Waals surface area contributed by atoms with Crippen LogP contribution in [0.1, 0.15) is 37.5 Å². The molecule has 0 unspecified atom stereocenters. The van der Waals surface area contributed by atoms with Crippen LogP contribution in [-0.2, 0) is 12.8 Å². The summed E-state index contributed by atoms with van der Waals surface area (Å²) in [5.41, 5.74) is 1.20. The Kier molecular flexibility index (Phi) is 5.10. The van der Waals surface area contributed by atoms with Gasteiger partial charge in [0.15, 0.2) is 5.82 Å². The van der Waals surface area contributed by atoms with Crippen LogP contribution in [0.15, 0.2) is 34.9 Å². The molecule has 4 nitrogen and oxygen atoms in total. The maximum atomic E-state index is 5.26. The van der Waals surface area contributed by atoms with Gasteiger partial charge < -0.3 is 9.84 Å². The van der Waals surface area contributed by atoms with E-state index >= 15 is 0 Å². The maximum absolute atomic E-state index is 5.26. The number of aromatic nitrogens is 2. The van der Waals surface area contributed by atoms with Gasteiger partial charge in [0.1, 0.15) is 0 Å². The minimum Gasteiger partial charge on any atom is -0.339 e. The Bertz CT molecular complexity index is 479. The summed E-state index contributed by atoms with van der Waals surface area (Å²) >= 11 is 0. The predicted octanol–water partition coefficient (Wildman–Crippen LogP) is 2.59. The first-order chi connectivity index (χ1) is 9.24. The van der Waals surface area contributed by atoms with Crippen molar-refractivity contribution < 1.29 is 4.52 Å². The third-order valence-electron chi connectivity index (χ3n) is 2.84. The second-order valence-corrected chi connectivity index (χ2v) is 4.98. The molecule has 1 heterocycles. The first kappa shape index (κ1) is 13.7. The van der Waals surface area contributed by atoms with E-state index in [1.165, 1.54) is 5.56 Å². The Labute approximate surface area is 114 Å². The van der Waals surface area contributed by atoms with Crippen molar-refractivity contribution in [1.82, 2.24) is 15.5 Å². The van der Waals surface area contributed by atoms with Gasteiger partial charge in [-0.1, -0.05) is 49.3 Å². The highest BCUT2D eigenvalue weighted by atomic mass is 16.5. The van der Waals surface area contributed by atoms with Crippen LogP contribution in [0.2, 0.25) is 0 Å². The highest BCUT2D eigenvalue weighted by molar-refractivity contribution is 5.18. The van der Waals surface area contributed by atoms with Crippen LogP contribution >= 0.6 is 0 Å². The Morgan fingerprint density at radius 2 is 2.00 bits per heavy atom. The molecule has 0 aliphatic rings. The van der Waals surface area contributed by atoms with Crippen LogP contribution in [0.25, 0.3) is 0 Å². The van der Waals surface area contributed by atoms with Crippen molar-refractivity contribution in [3.63, 3.8) is 0 Å². The first-order valence-corrected chi connectivity index (χ1v) is 6.83. The first-order valence-electron chi connectivity index (χ1n) is 6.83. The molecule has 2 aromatic rings. The second-order valence-electron chi connectivity index (χ2n) is 4.98. The minimum atomic E-state index is 0.524. The number of hydrogen-bond acceptors (Lipinski definition) is 4. The van der Waals surface area contributed by atoms with Gasteiger partial charge in [-0.15, -0.1) is 0 Å². The standard InChI is InChI=1S/C15H21N3O/c1-12(2)16-10-6-9-15-17-14(18-19-15)11-13-7-4-3-5-8-13/h3-5,7-8,12,16H,6,9-11H2,1-2H3. The van der Waals surface area contributed by atoms with Crippen molar-refractivity contribution in [2.45, 2.75) is 39.2 Å². The van der Waals surface area contributed by atoms with Gasteiger partial charge in [-0.2, -0.15) is 4.98 Å². The summed E-state index contributed by atoms with van der Waals surface area (Å²) in [5, 5.41) is 7.39. The van der Waals surface area contributed by atoms with Gasteiger partial charge in [-0.05, 0) is 18.5 Å². The van der Waals surface area contributed by atoms with E-state index in [4.69, 9.17) is 4.52 Å². The Hall–Kier alpha value is -1.68. The van der Waals surface area contributed by atoms with E-state index in [2.05, 4.69) is 41.4 Å². The molecule has 0 radical (unpaired) electrons. The number of benzene rings is 1. The molecule has 0 saturated carbocycles. The zero-order valence-electron chi connectivity index (χ0n) is 11.6. The van der Waals surface area contributed by atoms with Crippen molar-refractivity contribution in [2.75, 3.05) is 6.54 Å². The van der Waals surface area contributed by atoms with Crippen LogP contribution < -0.4 is 5.32 Å². The lowest BCUT2D eigenvalue weighted by molar-refractivity contribution is 0.369. The average Bonchev–Trinajstić information content (AvgIpc) is 2.83. The molecule has 0 aliphatic heterocycles. The number of aryl methyl sites for hydroxylation is 1. The molecule has 0 aliphatic carbocycles. The normalized spacial score (nSPS) is 11.1. The fourth-order valence-corrected chi connectivity index (χ4v) is 1.87. The van der Waals surface area contributed by atoms with E-state index in [1.807, 2.05) is 18.2 Å². The van der Waals surface area contributed by atoms with Crippen molar-refractivity contribution in [2.24, 2.45) is 0 Å². The number of hydrogen-bond donors (Lipinski definition) is 1. The lowest BCUT2D eigenvalue weighted by Crippen LogP contribution is -2.23. The highest BCUT2D eigenvalue weighted by Crippen LogP contribution is 2.07. The van der Waals surface area contributed by atoms with E-state index in [-0.39, 0.29) is 0 Å². The molecule has 0 spiro atoms. The van der Waals surface area contributed by atoms with Gasteiger partial charge in [-0.3, -0.25) is 0 Å². The van der Waals surface area contributed by atoms with Crippen molar-refractivity contribution >= 4 is 0 Å². The van der Waals surface area contributed by atoms with Crippen LogP contribution in [-0.4, -0.2) is 22.7 Å². The van der Waals surface area contributed by atoms with E-state index in [0.717, 1.165) is 37.5 Å². The van der Waals surface area contributed by atoms with Crippen LogP contribution in [0.4, 0.5) is 0 Å². The summed E-state index contributed by atoms with van der Waals surface area (Å²) in [5.74, 6) is 1.49. The SMILES string of the molecule is CC(C)NCCCc1nc(Cc2ccccc2)no1. The molecule has 0 amide bonds. The zero-order valence-corrected chi connectivity index (χ0v) is 11.6. The van der Waals surface area contributed by atoms with E-state index in [1.54, 1.807) is 0 Å². The molecule has 1 aromatic heterocycles. The monoisotopic (exact) mass is 259 g/mol. The summed E-state index contributed by atoms with van der Waals surface area (Å²) in [6, 6.07) is 10.7. The molecule has 4 heteroatoms. The van der Waals surface area contributed by atoms with Crippen LogP contribution in [0.3, 0.4) is 0 Å². The number of nitrogens with one attached hydrogen (secondary N) is 1. The Morgan fingerprint density at radius 1 is 1.21 bits per heavy atom. The number of nitrogens with zero attached hydrogens (tertiary/aromatic N) is 2. The molecule has 2 rings (SSSR count). The molecule has 0 fully saturated rings. The molecular formula is C15H21N3O. The Morgan fingerprint density at radius 3 is 2.74 bits per heavy atom. The second kappa shape index (κ2) is 7.04. The zero-order chi connectivity index (χ0) is 13.5. The summed E-state index contributed by atoms with van der Waals surface area (Å²) in [4.78, 5) is 4.42. The maximum Gasteiger partial charge on any atom is 0.226 e. The summed E-state index contributed by atoms with van der Waals surface area (Å²) in [7, 11) is 0. The van der Waals surface area contributed by atoms with Crippen molar-refractivity contribution in [3.8, 4) is 0 Å². The lowest BCUT2D eigenvalue weighted by atomic mass is 10.1. The van der Waals surface area contributed by atoms with Crippen molar-refractivity contribution in [1.29, 1.82) is 0 Å². The summed E-state index contributed by atoms with van der Waals surface area (Å²) < 4.78 is 5.26. The van der Waals surface area contributed by atoms with Gasteiger partial charge in [0.25, 0.3) is 0 Å². The fourth-order valence-electron chi connectivity index (χ4n) is 1.87. The van der Waals surface area contributed by atoms with Gasteiger partial charge in [0, 0.05) is 18.9 Å². The Balaban J connectivity index is 1.79. The van der Waals surface area contributed by atoms with Gasteiger partial charge in [0.05, 0.1) is 0 Å². The van der Waals surface area contributed by atoms with Gasteiger partial charge in [0.2, 0.25) is 5.89 Å². The van der Waals surface area contributed by atoms with Crippen molar-refractivity contribution in [3.05, 3.63) is 47.6 Å². The molecule has 19 heavy (non-hydrogen) atoms. The third-order valence-corrected chi connectivity index (χ3v) is 2.84. The fraction of sp³-hybridized carbons (Fsp3) is 0.467. The average molecular weight is 259 g/mol. The van der Waals surface area contributed by atoms with E-state index in [9.17, 15) is 0 Å². The molecule has 1 aromatic carbocycles. The largest absolute Gasteiger partial charge is 0.339 e. The van der Waals surface area contributed by atoms with Gasteiger partial charge >= 0.3 is 0 Å². The molecule has 102 valence electrons. The quantitative estimate of drug-likeness (QED) is 0.776. The highest BCUT2D eigenvalue weighted by Gasteiger charge is 2.06. The van der Waals surface area contributed by atoms with E-state index in [0.29, 0.717) is 6.04 Å². The third kappa shape index (κ3) is 4.83. The lowest BCUT2D eigenvalue weighted by Gasteiger charge is -2.05. The number of rotatable bonds is 7. The summed E-state index contributed by atoms with van der Waals surface area (Å²) in [6.45, 7) is 5.27. The van der Waals surface area contributed by atoms with Gasteiger partial charge in [-0.25, -0.2) is 0 Å². The molecule has 0 bridgehead atoms. The van der Waals surface area contributed by atoms with Crippen LogP contribution in [0, 0.1) is 0 Å². The molecule has 0 saturated heterocycles.